The van der Waals surface area contributed by atoms with Crippen LogP contribution in [0.2, 0.25) is 0 Å². The Bertz CT molecular complexity index is 422. The number of piperazine rings is 1. The molecule has 1 atom stereocenters. The largest absolute Gasteiger partial charge is 0.395 e. The van der Waals surface area contributed by atoms with Crippen molar-refractivity contribution in [3.8, 4) is 0 Å². The van der Waals surface area contributed by atoms with Gasteiger partial charge in [0.25, 0.3) is 0 Å². The average Bonchev–Trinajstić information content (AvgIpc) is 2.30. The molecule has 0 saturated carbocycles. The summed E-state index contributed by atoms with van der Waals surface area (Å²) < 4.78 is 13.9. The first-order valence-corrected chi connectivity index (χ1v) is 6.29. The van der Waals surface area contributed by atoms with Gasteiger partial charge in [-0.05, 0) is 33.0 Å². The van der Waals surface area contributed by atoms with E-state index < -0.39 is 0 Å². The maximum absolute atomic E-state index is 13.9. The summed E-state index contributed by atoms with van der Waals surface area (Å²) >= 11 is 0. The fourth-order valence-electron chi connectivity index (χ4n) is 2.71. The second-order valence-corrected chi connectivity index (χ2v) is 5.63. The maximum atomic E-state index is 13.9. The molecule has 0 aliphatic carbocycles. The summed E-state index contributed by atoms with van der Waals surface area (Å²) in [6, 6.07) is 6.89. The molecule has 3 nitrogen and oxygen atoms in total. The predicted molar refractivity (Wildman–Crippen MR) is 71.3 cm³/mol. The summed E-state index contributed by atoms with van der Waals surface area (Å²) in [7, 11) is 2.00. The van der Waals surface area contributed by atoms with E-state index in [0.717, 1.165) is 6.54 Å². The normalized spacial score (nSPS) is 24.3. The zero-order valence-corrected chi connectivity index (χ0v) is 11.2. The Kier molecular flexibility index (Phi) is 3.59. The Morgan fingerprint density at radius 1 is 1.39 bits per heavy atom. The first-order valence-electron chi connectivity index (χ1n) is 6.29. The Morgan fingerprint density at radius 3 is 2.67 bits per heavy atom. The molecule has 1 aromatic carbocycles. The van der Waals surface area contributed by atoms with E-state index in [2.05, 4.69) is 23.6 Å². The first kappa shape index (κ1) is 13.3. The van der Waals surface area contributed by atoms with Crippen LogP contribution in [-0.4, -0.2) is 48.3 Å². The molecule has 1 heterocycles. The van der Waals surface area contributed by atoms with Gasteiger partial charge in [0.15, 0.2) is 0 Å². The Balaban J connectivity index is 2.33. The molecule has 1 fully saturated rings. The lowest BCUT2D eigenvalue weighted by atomic mass is 9.95. The highest BCUT2D eigenvalue weighted by atomic mass is 19.1. The molecule has 4 heteroatoms. The third-order valence-electron chi connectivity index (χ3n) is 3.74. The highest BCUT2D eigenvalue weighted by Gasteiger charge is 2.37. The van der Waals surface area contributed by atoms with E-state index in [1.165, 1.54) is 6.07 Å². The number of para-hydroxylation sites is 1. The number of nitrogens with zero attached hydrogens (tertiary/aromatic N) is 2. The first-order chi connectivity index (χ1) is 8.45. The van der Waals surface area contributed by atoms with Crippen LogP contribution in [0.25, 0.3) is 0 Å². The summed E-state index contributed by atoms with van der Waals surface area (Å²) in [5.74, 6) is -0.202. The van der Waals surface area contributed by atoms with Gasteiger partial charge in [0.05, 0.1) is 18.3 Å². The molecule has 0 amide bonds. The maximum Gasteiger partial charge on any atom is 0.146 e. The molecule has 1 unspecified atom stereocenters. The minimum absolute atomic E-state index is 0.0534. The number of likely N-dealkylation sites (N-methyl/N-ethyl adjacent to an activating group) is 1. The number of aliphatic hydroxyl groups is 1. The van der Waals surface area contributed by atoms with Gasteiger partial charge in [-0.25, -0.2) is 4.39 Å². The van der Waals surface area contributed by atoms with Crippen molar-refractivity contribution in [3.05, 3.63) is 30.1 Å². The van der Waals surface area contributed by atoms with Crippen molar-refractivity contribution >= 4 is 5.69 Å². The molecule has 0 bridgehead atoms. The van der Waals surface area contributed by atoms with Crippen LogP contribution >= 0.6 is 0 Å². The van der Waals surface area contributed by atoms with E-state index in [9.17, 15) is 9.50 Å². The van der Waals surface area contributed by atoms with Crippen molar-refractivity contribution < 1.29 is 9.50 Å². The lowest BCUT2D eigenvalue weighted by molar-refractivity contribution is 0.0976. The van der Waals surface area contributed by atoms with Crippen molar-refractivity contribution in [2.24, 2.45) is 0 Å². The van der Waals surface area contributed by atoms with E-state index in [1.54, 1.807) is 12.1 Å². The predicted octanol–water partition coefficient (Wildman–Crippen LogP) is 1.72. The molecule has 0 spiro atoms. The number of benzene rings is 1. The lowest BCUT2D eigenvalue weighted by Crippen LogP contribution is -2.63. The minimum Gasteiger partial charge on any atom is -0.395 e. The lowest BCUT2D eigenvalue weighted by Gasteiger charge is -2.51. The second-order valence-electron chi connectivity index (χ2n) is 5.63. The van der Waals surface area contributed by atoms with Crippen LogP contribution in [-0.2, 0) is 0 Å². The summed E-state index contributed by atoms with van der Waals surface area (Å²) in [4.78, 5) is 4.20. The van der Waals surface area contributed by atoms with Crippen molar-refractivity contribution in [2.75, 3.05) is 31.6 Å². The number of anilines is 1. The number of hydrogen-bond donors (Lipinski definition) is 1. The smallest absolute Gasteiger partial charge is 0.146 e. The molecule has 1 aliphatic heterocycles. The zero-order chi connectivity index (χ0) is 13.3. The van der Waals surface area contributed by atoms with E-state index in [1.807, 2.05) is 13.1 Å². The topological polar surface area (TPSA) is 26.7 Å². The Morgan fingerprint density at radius 2 is 2.06 bits per heavy atom. The van der Waals surface area contributed by atoms with Crippen LogP contribution in [0.3, 0.4) is 0 Å². The minimum atomic E-state index is -0.202. The fourth-order valence-corrected chi connectivity index (χ4v) is 2.71. The number of hydrogen-bond acceptors (Lipinski definition) is 3. The van der Waals surface area contributed by atoms with Crippen molar-refractivity contribution in [3.63, 3.8) is 0 Å². The van der Waals surface area contributed by atoms with Crippen LogP contribution in [0.15, 0.2) is 24.3 Å². The van der Waals surface area contributed by atoms with Gasteiger partial charge >= 0.3 is 0 Å². The standard InChI is InChI=1S/C14H21FN2O/c1-14(2)10-16(3)11(9-18)8-17(14)13-7-5-4-6-12(13)15/h4-7,11,18H,8-10H2,1-3H3. The zero-order valence-electron chi connectivity index (χ0n) is 11.2. The van der Waals surface area contributed by atoms with E-state index in [4.69, 9.17) is 0 Å². The molecular weight excluding hydrogens is 231 g/mol. The van der Waals surface area contributed by atoms with Crippen LogP contribution in [0.5, 0.6) is 0 Å². The SMILES string of the molecule is CN1CC(C)(C)N(c2ccccc2F)CC1CO. The van der Waals surface area contributed by atoms with Gasteiger partial charge in [-0.2, -0.15) is 0 Å². The molecule has 18 heavy (non-hydrogen) atoms. The number of rotatable bonds is 2. The molecule has 1 aliphatic rings. The molecule has 0 radical (unpaired) electrons. The summed E-state index contributed by atoms with van der Waals surface area (Å²) in [5, 5.41) is 9.40. The van der Waals surface area contributed by atoms with Gasteiger partial charge in [-0.3, -0.25) is 4.90 Å². The van der Waals surface area contributed by atoms with Crippen molar-refractivity contribution in [1.82, 2.24) is 4.90 Å². The van der Waals surface area contributed by atoms with Gasteiger partial charge in [-0.15, -0.1) is 0 Å². The number of halogens is 1. The molecule has 100 valence electrons. The third kappa shape index (κ3) is 2.35. The molecule has 1 aromatic rings. The van der Waals surface area contributed by atoms with Crippen LogP contribution in [0.4, 0.5) is 10.1 Å². The van der Waals surface area contributed by atoms with E-state index in [0.29, 0.717) is 12.2 Å². The summed E-state index contributed by atoms with van der Waals surface area (Å²) in [6.07, 6.45) is 0. The van der Waals surface area contributed by atoms with Gasteiger partial charge in [0.2, 0.25) is 0 Å². The highest BCUT2D eigenvalue weighted by molar-refractivity contribution is 5.51. The molecule has 1 N–H and O–H groups in total. The van der Waals surface area contributed by atoms with Gasteiger partial charge in [0.1, 0.15) is 5.82 Å². The Hall–Kier alpha value is -1.13. The van der Waals surface area contributed by atoms with Gasteiger partial charge in [0, 0.05) is 18.6 Å². The molecule has 0 aromatic heterocycles. The van der Waals surface area contributed by atoms with Gasteiger partial charge < -0.3 is 10.0 Å². The number of aliphatic hydroxyl groups excluding tert-OH is 1. The summed E-state index contributed by atoms with van der Waals surface area (Å²) in [6.45, 7) is 5.73. The molecule has 2 rings (SSSR count). The molecule has 1 saturated heterocycles. The average molecular weight is 252 g/mol. The Labute approximate surface area is 108 Å². The quantitative estimate of drug-likeness (QED) is 0.868. The van der Waals surface area contributed by atoms with Crippen molar-refractivity contribution in [1.29, 1.82) is 0 Å². The van der Waals surface area contributed by atoms with E-state index >= 15 is 0 Å². The summed E-state index contributed by atoms with van der Waals surface area (Å²) in [5.41, 5.74) is 0.469. The van der Waals surface area contributed by atoms with Crippen LogP contribution < -0.4 is 4.90 Å². The van der Waals surface area contributed by atoms with Crippen LogP contribution in [0, 0.1) is 5.82 Å². The second kappa shape index (κ2) is 4.86. The third-order valence-corrected chi connectivity index (χ3v) is 3.74. The van der Waals surface area contributed by atoms with Crippen LogP contribution in [0.1, 0.15) is 13.8 Å². The van der Waals surface area contributed by atoms with Gasteiger partial charge in [-0.1, -0.05) is 12.1 Å². The monoisotopic (exact) mass is 252 g/mol. The van der Waals surface area contributed by atoms with Crippen molar-refractivity contribution in [2.45, 2.75) is 25.4 Å². The fraction of sp³-hybridized carbons (Fsp3) is 0.571. The molecular formula is C14H21FN2O. The van der Waals surface area contributed by atoms with E-state index in [-0.39, 0.29) is 24.0 Å². The highest BCUT2D eigenvalue weighted by Crippen LogP contribution is 2.31.